The van der Waals surface area contributed by atoms with Crippen LogP contribution < -0.4 is 5.84 Å². The van der Waals surface area contributed by atoms with E-state index in [4.69, 9.17) is 5.84 Å². The molecule has 0 bridgehead atoms. The number of nitrogens with zero attached hydrogens (tertiary/aromatic N) is 1. The Kier molecular flexibility index (Phi) is 2.00. The molecule has 0 amide bonds. The molecule has 0 aliphatic heterocycles. The average molecular weight is 178 g/mol. The van der Waals surface area contributed by atoms with Crippen molar-refractivity contribution in [2.75, 3.05) is 0 Å². The first kappa shape index (κ1) is 8.23. The molecule has 0 radical (unpaired) electrons. The van der Waals surface area contributed by atoms with Gasteiger partial charge in [0.1, 0.15) is 5.82 Å². The van der Waals surface area contributed by atoms with E-state index in [2.05, 4.69) is 5.10 Å². The first-order valence-electron chi connectivity index (χ1n) is 4.37. The highest BCUT2D eigenvalue weighted by Gasteiger charge is 2.15. The van der Waals surface area contributed by atoms with Crippen LogP contribution in [0.4, 0.5) is 4.39 Å². The Morgan fingerprint density at radius 2 is 2.15 bits per heavy atom. The van der Waals surface area contributed by atoms with Gasteiger partial charge in [0.05, 0.1) is 5.71 Å². The predicted octanol–water partition coefficient (Wildman–Crippen LogP) is 1.82. The minimum absolute atomic E-state index is 0.221. The Morgan fingerprint density at radius 1 is 1.31 bits per heavy atom. The molecule has 2 rings (SSSR count). The largest absolute Gasteiger partial charge is 0.323 e. The molecular formula is C10H11FN2. The number of halogens is 1. The van der Waals surface area contributed by atoms with Gasteiger partial charge >= 0.3 is 0 Å². The molecule has 0 saturated carbocycles. The van der Waals surface area contributed by atoms with E-state index in [0.717, 1.165) is 36.1 Å². The molecule has 1 aliphatic carbocycles. The Morgan fingerprint density at radius 3 is 2.92 bits per heavy atom. The molecule has 3 heteroatoms. The molecule has 0 heterocycles. The van der Waals surface area contributed by atoms with Crippen molar-refractivity contribution in [2.45, 2.75) is 19.3 Å². The van der Waals surface area contributed by atoms with Crippen molar-refractivity contribution in [3.8, 4) is 0 Å². The summed E-state index contributed by atoms with van der Waals surface area (Å²) in [5.41, 5.74) is 2.85. The number of benzene rings is 1. The van der Waals surface area contributed by atoms with Crippen molar-refractivity contribution < 1.29 is 4.39 Å². The second-order valence-electron chi connectivity index (χ2n) is 3.23. The topological polar surface area (TPSA) is 38.4 Å². The zero-order valence-electron chi connectivity index (χ0n) is 7.26. The molecule has 1 aliphatic rings. The molecule has 0 saturated heterocycles. The molecule has 13 heavy (non-hydrogen) atoms. The van der Waals surface area contributed by atoms with Crippen LogP contribution in [0.25, 0.3) is 0 Å². The van der Waals surface area contributed by atoms with Crippen molar-refractivity contribution in [3.05, 3.63) is 35.1 Å². The van der Waals surface area contributed by atoms with E-state index in [-0.39, 0.29) is 5.82 Å². The molecular weight excluding hydrogens is 167 g/mol. The summed E-state index contributed by atoms with van der Waals surface area (Å²) < 4.78 is 12.9. The van der Waals surface area contributed by atoms with Crippen LogP contribution in [-0.2, 0) is 6.42 Å². The van der Waals surface area contributed by atoms with Gasteiger partial charge in [-0.2, -0.15) is 5.10 Å². The van der Waals surface area contributed by atoms with Gasteiger partial charge in [-0.15, -0.1) is 0 Å². The average Bonchev–Trinajstić information content (AvgIpc) is 2.17. The number of hydrogen-bond donors (Lipinski definition) is 1. The fourth-order valence-electron chi connectivity index (χ4n) is 1.75. The van der Waals surface area contributed by atoms with E-state index in [0.29, 0.717) is 0 Å². The normalized spacial score (nSPS) is 18.7. The van der Waals surface area contributed by atoms with Crippen molar-refractivity contribution >= 4 is 5.71 Å². The summed E-state index contributed by atoms with van der Waals surface area (Å²) in [5, 5.41) is 3.68. The van der Waals surface area contributed by atoms with Crippen LogP contribution in [-0.4, -0.2) is 5.71 Å². The molecule has 1 aromatic carbocycles. The highest BCUT2D eigenvalue weighted by molar-refractivity contribution is 6.02. The first-order valence-corrected chi connectivity index (χ1v) is 4.37. The number of fused-ring (bicyclic) bond motifs is 1. The fraction of sp³-hybridized carbons (Fsp3) is 0.300. The van der Waals surface area contributed by atoms with Crippen LogP contribution in [0.2, 0.25) is 0 Å². The zero-order chi connectivity index (χ0) is 9.26. The SMILES string of the molecule is N/N=C1/CCCc2ccc(F)cc21. The Balaban J connectivity index is 2.54. The van der Waals surface area contributed by atoms with Gasteiger partial charge in [-0.25, -0.2) is 4.39 Å². The van der Waals surface area contributed by atoms with Crippen LogP contribution in [0.1, 0.15) is 24.0 Å². The number of aryl methyl sites for hydroxylation is 1. The molecule has 0 spiro atoms. The van der Waals surface area contributed by atoms with E-state index < -0.39 is 0 Å². The lowest BCUT2D eigenvalue weighted by atomic mass is 9.90. The maximum absolute atomic E-state index is 12.9. The van der Waals surface area contributed by atoms with Gasteiger partial charge in [0.15, 0.2) is 0 Å². The molecule has 0 fully saturated rings. The Labute approximate surface area is 76.3 Å². The fourth-order valence-corrected chi connectivity index (χ4v) is 1.75. The highest BCUT2D eigenvalue weighted by atomic mass is 19.1. The van der Waals surface area contributed by atoms with Gasteiger partial charge in [-0.05, 0) is 37.0 Å². The standard InChI is InChI=1S/C10H11FN2/c11-8-5-4-7-2-1-3-10(13-12)9(7)6-8/h4-6H,1-3,12H2/b13-10-. The summed E-state index contributed by atoms with van der Waals surface area (Å²) in [6, 6.07) is 4.81. The van der Waals surface area contributed by atoms with Gasteiger partial charge in [-0.1, -0.05) is 6.07 Å². The van der Waals surface area contributed by atoms with E-state index in [1.807, 2.05) is 6.07 Å². The van der Waals surface area contributed by atoms with E-state index in [9.17, 15) is 4.39 Å². The third-order valence-electron chi connectivity index (χ3n) is 2.40. The summed E-state index contributed by atoms with van der Waals surface area (Å²) in [7, 11) is 0. The van der Waals surface area contributed by atoms with Crippen molar-refractivity contribution in [1.82, 2.24) is 0 Å². The molecule has 0 aromatic heterocycles. The second-order valence-corrected chi connectivity index (χ2v) is 3.23. The third-order valence-corrected chi connectivity index (χ3v) is 2.40. The second kappa shape index (κ2) is 3.17. The minimum Gasteiger partial charge on any atom is -0.323 e. The number of rotatable bonds is 0. The van der Waals surface area contributed by atoms with Gasteiger partial charge < -0.3 is 5.84 Å². The number of hydrogen-bond acceptors (Lipinski definition) is 2. The van der Waals surface area contributed by atoms with Crippen LogP contribution in [0.3, 0.4) is 0 Å². The van der Waals surface area contributed by atoms with E-state index in [1.54, 1.807) is 0 Å². The summed E-state index contributed by atoms with van der Waals surface area (Å²) in [4.78, 5) is 0. The highest BCUT2D eigenvalue weighted by Crippen LogP contribution is 2.22. The zero-order valence-corrected chi connectivity index (χ0v) is 7.26. The first-order chi connectivity index (χ1) is 6.31. The van der Waals surface area contributed by atoms with Gasteiger partial charge in [-0.3, -0.25) is 0 Å². The van der Waals surface area contributed by atoms with Crippen LogP contribution in [0, 0.1) is 5.82 Å². The molecule has 2 nitrogen and oxygen atoms in total. The maximum atomic E-state index is 12.9. The summed E-state index contributed by atoms with van der Waals surface area (Å²) in [6.45, 7) is 0. The molecule has 68 valence electrons. The molecule has 1 aromatic rings. The lowest BCUT2D eigenvalue weighted by Crippen LogP contribution is -2.13. The maximum Gasteiger partial charge on any atom is 0.123 e. The monoisotopic (exact) mass is 178 g/mol. The molecule has 0 unspecified atom stereocenters. The van der Waals surface area contributed by atoms with Crippen LogP contribution in [0.5, 0.6) is 0 Å². The van der Waals surface area contributed by atoms with Gasteiger partial charge in [0.25, 0.3) is 0 Å². The van der Waals surface area contributed by atoms with Crippen molar-refractivity contribution in [2.24, 2.45) is 10.9 Å². The van der Waals surface area contributed by atoms with Crippen molar-refractivity contribution in [3.63, 3.8) is 0 Å². The lowest BCUT2D eigenvalue weighted by Gasteiger charge is -2.16. The summed E-state index contributed by atoms with van der Waals surface area (Å²) >= 11 is 0. The quantitative estimate of drug-likeness (QED) is 0.477. The van der Waals surface area contributed by atoms with Gasteiger partial charge in [0.2, 0.25) is 0 Å². The molecule has 0 atom stereocenters. The Bertz CT molecular complexity index is 358. The predicted molar refractivity (Wildman–Crippen MR) is 50.1 cm³/mol. The smallest absolute Gasteiger partial charge is 0.123 e. The Hall–Kier alpha value is -1.38. The number of nitrogens with two attached hydrogens (primary N) is 1. The summed E-state index contributed by atoms with van der Waals surface area (Å²) in [6.07, 6.45) is 2.90. The number of hydrazone groups is 1. The third kappa shape index (κ3) is 1.41. The minimum atomic E-state index is -0.221. The van der Waals surface area contributed by atoms with E-state index in [1.165, 1.54) is 12.1 Å². The molecule has 2 N–H and O–H groups in total. The van der Waals surface area contributed by atoms with Gasteiger partial charge in [0, 0.05) is 5.56 Å². The lowest BCUT2D eigenvalue weighted by molar-refractivity contribution is 0.625. The van der Waals surface area contributed by atoms with Crippen LogP contribution in [0.15, 0.2) is 23.3 Å². The van der Waals surface area contributed by atoms with E-state index >= 15 is 0 Å². The van der Waals surface area contributed by atoms with Crippen LogP contribution >= 0.6 is 0 Å². The van der Waals surface area contributed by atoms with Crippen molar-refractivity contribution in [1.29, 1.82) is 0 Å². The summed E-state index contributed by atoms with van der Waals surface area (Å²) in [5.74, 6) is 5.01.